The van der Waals surface area contributed by atoms with Crippen molar-refractivity contribution in [3.8, 4) is 5.75 Å². The van der Waals surface area contributed by atoms with Crippen molar-refractivity contribution in [2.45, 2.75) is 6.92 Å². The van der Waals surface area contributed by atoms with E-state index in [-0.39, 0.29) is 22.7 Å². The van der Waals surface area contributed by atoms with Crippen LogP contribution in [0.4, 0.5) is 11.4 Å². The average molecular weight is 262 g/mol. The molecule has 7 heteroatoms. The molecule has 0 saturated heterocycles. The summed E-state index contributed by atoms with van der Waals surface area (Å²) in [6, 6.07) is 3.94. The van der Waals surface area contributed by atoms with Crippen LogP contribution in [0.3, 0.4) is 0 Å². The van der Waals surface area contributed by atoms with Gasteiger partial charge in [0, 0.05) is 11.6 Å². The third-order valence-corrected chi connectivity index (χ3v) is 2.72. The van der Waals surface area contributed by atoms with E-state index in [4.69, 9.17) is 4.74 Å². The van der Waals surface area contributed by atoms with Crippen LogP contribution in [0.2, 0.25) is 0 Å². The van der Waals surface area contributed by atoms with Gasteiger partial charge >= 0.3 is 0 Å². The van der Waals surface area contributed by atoms with E-state index in [2.05, 4.69) is 0 Å². The molecule has 1 heterocycles. The van der Waals surface area contributed by atoms with Crippen molar-refractivity contribution in [1.29, 1.82) is 0 Å². The van der Waals surface area contributed by atoms with Crippen LogP contribution >= 0.6 is 0 Å². The van der Waals surface area contributed by atoms with E-state index in [1.807, 2.05) is 0 Å². The van der Waals surface area contributed by atoms with Gasteiger partial charge in [-0.3, -0.25) is 19.7 Å². The number of nitro groups is 1. The highest BCUT2D eigenvalue weighted by atomic mass is 16.6. The zero-order chi connectivity index (χ0) is 14.2. The molecule has 0 fully saturated rings. The molecule has 7 nitrogen and oxygen atoms in total. The molecule has 1 aromatic rings. The Hall–Kier alpha value is -2.70. The molecular formula is C12H10N2O5. The average Bonchev–Trinajstić information content (AvgIpc) is 2.62. The third kappa shape index (κ3) is 2.05. The first-order valence-corrected chi connectivity index (χ1v) is 5.35. The fourth-order valence-corrected chi connectivity index (χ4v) is 1.78. The van der Waals surface area contributed by atoms with Gasteiger partial charge < -0.3 is 4.74 Å². The van der Waals surface area contributed by atoms with Gasteiger partial charge in [-0.25, -0.2) is 4.90 Å². The standard InChI is InChI=1S/C12H10N2O5/c1-7-5-11(15)13(12(7)16)9-4-3-8(19-2)6-10(9)14(17)18/h3-6H,1-2H3. The van der Waals surface area contributed by atoms with Crippen LogP contribution in [0.25, 0.3) is 0 Å². The predicted octanol–water partition coefficient (Wildman–Crippen LogP) is 1.42. The Morgan fingerprint density at radius 3 is 2.47 bits per heavy atom. The second-order valence-electron chi connectivity index (χ2n) is 3.92. The molecule has 0 radical (unpaired) electrons. The van der Waals surface area contributed by atoms with E-state index in [1.54, 1.807) is 0 Å². The third-order valence-electron chi connectivity index (χ3n) is 2.72. The molecular weight excluding hydrogens is 252 g/mol. The summed E-state index contributed by atoms with van der Waals surface area (Å²) in [6.45, 7) is 1.48. The van der Waals surface area contributed by atoms with Crippen LogP contribution in [-0.2, 0) is 9.59 Å². The monoisotopic (exact) mass is 262 g/mol. The van der Waals surface area contributed by atoms with Gasteiger partial charge in [-0.2, -0.15) is 0 Å². The Balaban J connectivity index is 2.55. The molecule has 19 heavy (non-hydrogen) atoms. The number of methoxy groups -OCH3 is 1. The van der Waals surface area contributed by atoms with E-state index >= 15 is 0 Å². The number of anilines is 1. The quantitative estimate of drug-likeness (QED) is 0.467. The molecule has 0 spiro atoms. The molecule has 0 unspecified atom stereocenters. The van der Waals surface area contributed by atoms with Gasteiger partial charge in [-0.1, -0.05) is 0 Å². The molecule has 0 saturated carbocycles. The normalized spacial score (nSPS) is 14.6. The molecule has 0 atom stereocenters. The number of nitrogens with zero attached hydrogens (tertiary/aromatic N) is 2. The van der Waals surface area contributed by atoms with Crippen molar-refractivity contribution in [3.05, 3.63) is 40.0 Å². The fourth-order valence-electron chi connectivity index (χ4n) is 1.78. The van der Waals surface area contributed by atoms with Crippen LogP contribution in [0.15, 0.2) is 29.8 Å². The molecule has 2 rings (SSSR count). The zero-order valence-electron chi connectivity index (χ0n) is 10.2. The van der Waals surface area contributed by atoms with Crippen LogP contribution < -0.4 is 9.64 Å². The fraction of sp³-hybridized carbons (Fsp3) is 0.167. The number of hydrogen-bond acceptors (Lipinski definition) is 5. The Morgan fingerprint density at radius 1 is 1.32 bits per heavy atom. The maximum Gasteiger partial charge on any atom is 0.297 e. The van der Waals surface area contributed by atoms with Crippen molar-refractivity contribution >= 4 is 23.2 Å². The predicted molar refractivity (Wildman–Crippen MR) is 65.9 cm³/mol. The van der Waals surface area contributed by atoms with E-state index < -0.39 is 16.7 Å². The Morgan fingerprint density at radius 2 is 2.00 bits per heavy atom. The van der Waals surface area contributed by atoms with Gasteiger partial charge in [0.15, 0.2) is 0 Å². The van der Waals surface area contributed by atoms with E-state index in [0.717, 1.165) is 11.0 Å². The molecule has 0 aromatic heterocycles. The number of amides is 2. The van der Waals surface area contributed by atoms with Gasteiger partial charge in [-0.05, 0) is 19.1 Å². The van der Waals surface area contributed by atoms with Gasteiger partial charge in [0.05, 0.1) is 18.1 Å². The first kappa shape index (κ1) is 12.7. The number of ether oxygens (including phenoxy) is 1. The molecule has 0 aliphatic carbocycles. The molecule has 0 N–H and O–H groups in total. The highest BCUT2D eigenvalue weighted by Crippen LogP contribution is 2.34. The number of hydrogen-bond donors (Lipinski definition) is 0. The van der Waals surface area contributed by atoms with Crippen molar-refractivity contribution < 1.29 is 19.2 Å². The SMILES string of the molecule is COc1ccc(N2C(=O)C=C(C)C2=O)c([N+](=O)[O-])c1. The summed E-state index contributed by atoms with van der Waals surface area (Å²) in [5, 5.41) is 11.0. The van der Waals surface area contributed by atoms with Crippen LogP contribution in [0, 0.1) is 10.1 Å². The number of benzene rings is 1. The zero-order valence-corrected chi connectivity index (χ0v) is 10.2. The summed E-state index contributed by atoms with van der Waals surface area (Å²) in [6.07, 6.45) is 1.15. The second-order valence-corrected chi connectivity index (χ2v) is 3.92. The summed E-state index contributed by atoms with van der Waals surface area (Å²) < 4.78 is 4.89. The summed E-state index contributed by atoms with van der Waals surface area (Å²) >= 11 is 0. The van der Waals surface area contributed by atoms with Gasteiger partial charge in [-0.15, -0.1) is 0 Å². The van der Waals surface area contributed by atoms with E-state index in [9.17, 15) is 19.7 Å². The van der Waals surface area contributed by atoms with Crippen molar-refractivity contribution in [1.82, 2.24) is 0 Å². The highest BCUT2D eigenvalue weighted by molar-refractivity contribution is 6.31. The van der Waals surface area contributed by atoms with Gasteiger partial charge in [0.25, 0.3) is 17.5 Å². The largest absolute Gasteiger partial charge is 0.496 e. The number of carbonyl (C=O) groups excluding carboxylic acids is 2. The summed E-state index contributed by atoms with van der Waals surface area (Å²) in [7, 11) is 1.37. The molecule has 1 aliphatic rings. The maximum absolute atomic E-state index is 11.8. The lowest BCUT2D eigenvalue weighted by molar-refractivity contribution is -0.384. The lowest BCUT2D eigenvalue weighted by Crippen LogP contribution is -2.31. The van der Waals surface area contributed by atoms with Crippen molar-refractivity contribution in [3.63, 3.8) is 0 Å². The minimum absolute atomic E-state index is 0.0612. The van der Waals surface area contributed by atoms with Crippen molar-refractivity contribution in [2.75, 3.05) is 12.0 Å². The minimum Gasteiger partial charge on any atom is -0.496 e. The minimum atomic E-state index is -0.661. The molecule has 0 bridgehead atoms. The van der Waals surface area contributed by atoms with Crippen LogP contribution in [-0.4, -0.2) is 23.8 Å². The summed E-state index contributed by atoms with van der Waals surface area (Å²) in [5.74, 6) is -0.867. The Kier molecular flexibility index (Phi) is 3.04. The first-order chi connectivity index (χ1) is 8.95. The molecule has 1 aromatic carbocycles. The summed E-state index contributed by atoms with van der Waals surface area (Å²) in [5.41, 5.74) is -0.173. The molecule has 98 valence electrons. The lowest BCUT2D eigenvalue weighted by atomic mass is 10.2. The van der Waals surface area contributed by atoms with Gasteiger partial charge in [0.1, 0.15) is 11.4 Å². The van der Waals surface area contributed by atoms with Crippen LogP contribution in [0.1, 0.15) is 6.92 Å². The number of rotatable bonds is 3. The highest BCUT2D eigenvalue weighted by Gasteiger charge is 2.34. The smallest absolute Gasteiger partial charge is 0.297 e. The maximum atomic E-state index is 11.8. The summed E-state index contributed by atoms with van der Waals surface area (Å²) in [4.78, 5) is 34.7. The van der Waals surface area contributed by atoms with E-state index in [0.29, 0.717) is 0 Å². The number of carbonyl (C=O) groups is 2. The second kappa shape index (κ2) is 4.52. The number of nitro benzene ring substituents is 1. The molecule has 1 aliphatic heterocycles. The Bertz CT molecular complexity index is 621. The lowest BCUT2D eigenvalue weighted by Gasteiger charge is -2.15. The first-order valence-electron chi connectivity index (χ1n) is 5.35. The van der Waals surface area contributed by atoms with Crippen molar-refractivity contribution in [2.24, 2.45) is 0 Å². The number of imide groups is 1. The molecule has 2 amide bonds. The van der Waals surface area contributed by atoms with Crippen LogP contribution in [0.5, 0.6) is 5.75 Å². The Labute approximate surface area is 108 Å². The van der Waals surface area contributed by atoms with E-state index in [1.165, 1.54) is 32.2 Å². The van der Waals surface area contributed by atoms with Gasteiger partial charge in [0.2, 0.25) is 0 Å². The topological polar surface area (TPSA) is 89.8 Å².